The number of fused-ring (bicyclic) bond motifs is 1. The fraction of sp³-hybridized carbons (Fsp3) is 0.500. The topological polar surface area (TPSA) is 41.3 Å². The van der Waals surface area contributed by atoms with Crippen molar-refractivity contribution < 1.29 is 13.9 Å². The summed E-state index contributed by atoms with van der Waals surface area (Å²) in [6, 6.07) is 6.98. The number of hydrogen-bond donors (Lipinski definition) is 1. The average molecular weight is 281 g/mol. The first-order valence-electron chi connectivity index (χ1n) is 6.79. The molecule has 1 N–H and O–H groups in total. The Hall–Kier alpha value is -1.53. The molecular weight excluding hydrogens is 264 g/mol. The fourth-order valence-corrected chi connectivity index (χ4v) is 2.92. The predicted molar refractivity (Wildman–Crippen MR) is 71.5 cm³/mol. The van der Waals surface area contributed by atoms with E-state index in [1.54, 1.807) is 24.3 Å². The Bertz CT molecular complexity index is 599. The second-order valence-electron chi connectivity index (χ2n) is 5.11. The zero-order valence-corrected chi connectivity index (χ0v) is 11.0. The summed E-state index contributed by atoms with van der Waals surface area (Å²) in [5.41, 5.74) is 1.04. The Morgan fingerprint density at radius 3 is 2.90 bits per heavy atom. The number of rotatable bonds is 4. The molecule has 1 unspecified atom stereocenters. The zero-order chi connectivity index (χ0) is 14.1. The molecule has 2 aromatic rings. The highest BCUT2D eigenvalue weighted by atomic mass is 19.3. The van der Waals surface area contributed by atoms with Crippen molar-refractivity contribution in [1.82, 2.24) is 14.5 Å². The van der Waals surface area contributed by atoms with Crippen molar-refractivity contribution in [3.8, 4) is 0 Å². The van der Waals surface area contributed by atoms with Gasteiger partial charge in [0, 0.05) is 6.04 Å². The first-order chi connectivity index (χ1) is 9.70. The highest BCUT2D eigenvalue weighted by molar-refractivity contribution is 5.75. The van der Waals surface area contributed by atoms with Gasteiger partial charge in [-0.05, 0) is 31.5 Å². The van der Waals surface area contributed by atoms with Gasteiger partial charge < -0.3 is 5.11 Å². The lowest BCUT2D eigenvalue weighted by atomic mass is 10.2. The van der Waals surface area contributed by atoms with Crippen LogP contribution in [-0.4, -0.2) is 38.8 Å². The number of para-hydroxylation sites is 2. The second kappa shape index (κ2) is 5.46. The SMILES string of the molecule is OCC1CCCN1Cc1nc2ccccc2n1C(F)F. The van der Waals surface area contributed by atoms with Crippen molar-refractivity contribution in [2.45, 2.75) is 32.0 Å². The number of halogens is 2. The van der Waals surface area contributed by atoms with Crippen LogP contribution in [-0.2, 0) is 6.54 Å². The number of aromatic nitrogens is 2. The zero-order valence-electron chi connectivity index (χ0n) is 11.0. The van der Waals surface area contributed by atoms with Gasteiger partial charge in [0.1, 0.15) is 5.82 Å². The van der Waals surface area contributed by atoms with E-state index in [1.165, 1.54) is 0 Å². The Balaban J connectivity index is 1.96. The Labute approximate surface area is 115 Å². The lowest BCUT2D eigenvalue weighted by molar-refractivity contribution is 0.0664. The molecule has 0 spiro atoms. The van der Waals surface area contributed by atoms with Crippen molar-refractivity contribution in [2.75, 3.05) is 13.2 Å². The molecule has 4 nitrogen and oxygen atoms in total. The van der Waals surface area contributed by atoms with Crippen LogP contribution in [0, 0.1) is 0 Å². The van der Waals surface area contributed by atoms with E-state index in [1.807, 2.05) is 4.90 Å². The fourth-order valence-electron chi connectivity index (χ4n) is 2.92. The molecule has 1 aromatic carbocycles. The van der Waals surface area contributed by atoms with Gasteiger partial charge in [-0.1, -0.05) is 12.1 Å². The van der Waals surface area contributed by atoms with E-state index in [4.69, 9.17) is 0 Å². The summed E-state index contributed by atoms with van der Waals surface area (Å²) in [5.74, 6) is 0.363. The van der Waals surface area contributed by atoms with Crippen LogP contribution < -0.4 is 0 Å². The molecule has 1 atom stereocenters. The Morgan fingerprint density at radius 1 is 1.35 bits per heavy atom. The molecule has 1 aliphatic rings. The highest BCUT2D eigenvalue weighted by Gasteiger charge is 2.27. The van der Waals surface area contributed by atoms with Gasteiger partial charge in [0.25, 0.3) is 0 Å². The van der Waals surface area contributed by atoms with Gasteiger partial charge >= 0.3 is 6.55 Å². The minimum Gasteiger partial charge on any atom is -0.395 e. The minimum absolute atomic E-state index is 0.0564. The van der Waals surface area contributed by atoms with E-state index >= 15 is 0 Å². The molecule has 0 radical (unpaired) electrons. The van der Waals surface area contributed by atoms with E-state index in [0.29, 0.717) is 23.4 Å². The molecule has 6 heteroatoms. The molecular formula is C14H17F2N3O. The molecule has 0 bridgehead atoms. The van der Waals surface area contributed by atoms with Gasteiger partial charge in [-0.3, -0.25) is 9.47 Å². The number of aliphatic hydroxyl groups excluding tert-OH is 1. The predicted octanol–water partition coefficient (Wildman–Crippen LogP) is 2.39. The summed E-state index contributed by atoms with van der Waals surface area (Å²) in [6.45, 7) is -1.37. The molecule has 108 valence electrons. The van der Waals surface area contributed by atoms with Gasteiger partial charge in [-0.2, -0.15) is 8.78 Å². The average Bonchev–Trinajstić information content (AvgIpc) is 3.02. The normalized spacial score (nSPS) is 20.3. The van der Waals surface area contributed by atoms with Crippen LogP contribution in [0.3, 0.4) is 0 Å². The smallest absolute Gasteiger partial charge is 0.320 e. The standard InChI is InChI=1S/C14H17F2N3O/c15-14(16)19-12-6-2-1-5-11(12)17-13(19)8-18-7-3-4-10(18)9-20/h1-2,5-6,10,14,20H,3-4,7-9H2. The molecule has 1 saturated heterocycles. The lowest BCUT2D eigenvalue weighted by Gasteiger charge is -2.22. The number of aliphatic hydroxyl groups is 1. The molecule has 0 amide bonds. The summed E-state index contributed by atoms with van der Waals surface area (Å²) >= 11 is 0. The van der Waals surface area contributed by atoms with Crippen LogP contribution in [0.25, 0.3) is 11.0 Å². The number of hydrogen-bond acceptors (Lipinski definition) is 3. The van der Waals surface area contributed by atoms with Gasteiger partial charge in [0.05, 0.1) is 24.2 Å². The molecule has 0 aliphatic carbocycles. The van der Waals surface area contributed by atoms with Crippen LogP contribution in [0.2, 0.25) is 0 Å². The maximum absolute atomic E-state index is 13.3. The minimum atomic E-state index is -2.60. The molecule has 2 heterocycles. The second-order valence-corrected chi connectivity index (χ2v) is 5.11. The van der Waals surface area contributed by atoms with Crippen molar-refractivity contribution >= 4 is 11.0 Å². The quantitative estimate of drug-likeness (QED) is 0.935. The monoisotopic (exact) mass is 281 g/mol. The maximum Gasteiger partial charge on any atom is 0.320 e. The number of benzene rings is 1. The Kier molecular flexibility index (Phi) is 3.67. The van der Waals surface area contributed by atoms with E-state index in [9.17, 15) is 13.9 Å². The summed E-state index contributed by atoms with van der Waals surface area (Å²) < 4.78 is 27.6. The van der Waals surface area contributed by atoms with E-state index < -0.39 is 6.55 Å². The number of alkyl halides is 2. The van der Waals surface area contributed by atoms with Gasteiger partial charge in [0.2, 0.25) is 0 Å². The first-order valence-corrected chi connectivity index (χ1v) is 6.79. The third-order valence-corrected chi connectivity index (χ3v) is 3.92. The molecule has 1 aromatic heterocycles. The first kappa shape index (κ1) is 13.5. The Morgan fingerprint density at radius 2 is 2.15 bits per heavy atom. The van der Waals surface area contributed by atoms with Crippen molar-refractivity contribution in [3.05, 3.63) is 30.1 Å². The highest BCUT2D eigenvalue weighted by Crippen LogP contribution is 2.26. The maximum atomic E-state index is 13.3. The van der Waals surface area contributed by atoms with Crippen LogP contribution in [0.15, 0.2) is 24.3 Å². The molecule has 3 rings (SSSR count). The van der Waals surface area contributed by atoms with Crippen LogP contribution in [0.4, 0.5) is 8.78 Å². The number of imidazole rings is 1. The summed E-state index contributed by atoms with van der Waals surface area (Å²) in [6.07, 6.45) is 1.89. The van der Waals surface area contributed by atoms with Gasteiger partial charge in [-0.25, -0.2) is 4.98 Å². The van der Waals surface area contributed by atoms with E-state index in [-0.39, 0.29) is 12.6 Å². The van der Waals surface area contributed by atoms with Crippen LogP contribution in [0.5, 0.6) is 0 Å². The number of likely N-dealkylation sites (tertiary alicyclic amines) is 1. The summed E-state index contributed by atoms with van der Waals surface area (Å²) in [7, 11) is 0. The number of nitrogens with zero attached hydrogens (tertiary/aromatic N) is 3. The van der Waals surface area contributed by atoms with E-state index in [0.717, 1.165) is 24.0 Å². The van der Waals surface area contributed by atoms with Gasteiger partial charge in [0.15, 0.2) is 0 Å². The third-order valence-electron chi connectivity index (χ3n) is 3.92. The van der Waals surface area contributed by atoms with Crippen molar-refractivity contribution in [2.24, 2.45) is 0 Å². The van der Waals surface area contributed by atoms with E-state index in [2.05, 4.69) is 4.98 Å². The summed E-state index contributed by atoms with van der Waals surface area (Å²) in [5, 5.41) is 9.32. The van der Waals surface area contributed by atoms with Crippen molar-refractivity contribution in [3.63, 3.8) is 0 Å². The lowest BCUT2D eigenvalue weighted by Crippen LogP contribution is -2.32. The van der Waals surface area contributed by atoms with Crippen LogP contribution in [0.1, 0.15) is 25.2 Å². The molecule has 20 heavy (non-hydrogen) atoms. The largest absolute Gasteiger partial charge is 0.395 e. The van der Waals surface area contributed by atoms with Gasteiger partial charge in [-0.15, -0.1) is 0 Å². The molecule has 1 fully saturated rings. The van der Waals surface area contributed by atoms with Crippen LogP contribution >= 0.6 is 0 Å². The summed E-state index contributed by atoms with van der Waals surface area (Å²) in [4.78, 5) is 6.35. The molecule has 1 aliphatic heterocycles. The third kappa shape index (κ3) is 2.29. The van der Waals surface area contributed by atoms with Crippen molar-refractivity contribution in [1.29, 1.82) is 0 Å². The molecule has 0 saturated carbocycles.